The van der Waals surface area contributed by atoms with Gasteiger partial charge in [0.25, 0.3) is 0 Å². The van der Waals surface area contributed by atoms with E-state index in [1.165, 1.54) is 77.0 Å². The van der Waals surface area contributed by atoms with E-state index in [2.05, 4.69) is 177 Å². The van der Waals surface area contributed by atoms with Crippen LogP contribution in [0.2, 0.25) is 0 Å². The second-order valence-electron chi connectivity index (χ2n) is 45.3. The fourth-order valence-electron chi connectivity index (χ4n) is 38.3. The maximum Gasteiger partial charge on any atom is 0.141 e. The van der Waals surface area contributed by atoms with Gasteiger partial charge in [-0.05, 0) is 387 Å². The predicted molar refractivity (Wildman–Crippen MR) is 444 cm³/mol. The number of hydrogen-bond acceptors (Lipinski definition) is 4. The maximum absolute atomic E-state index is 12.8. The number of Topliss-reactive ketones (excluding diaryl/α,β-unsaturated/α-hetero) is 2. The Labute approximate surface area is 702 Å². The molecule has 17 saturated carbocycles. The first-order valence-electron chi connectivity index (χ1n) is 47.8. The minimum atomic E-state index is -0.178. The molecule has 0 heterocycles. The number of carbonyl (C=O) groups is 2. The quantitative estimate of drug-likeness (QED) is 0.154. The van der Waals surface area contributed by atoms with E-state index in [1.807, 2.05) is 0 Å². The summed E-state index contributed by atoms with van der Waals surface area (Å²) in [5.41, 5.74) is 6.58. The topological polar surface area (TPSA) is 74.6 Å². The van der Waals surface area contributed by atoms with Crippen LogP contribution < -0.4 is 0 Å². The number of carbonyl (C=O) groups excluding carboxylic acids is 2. The molecule has 0 aliphatic heterocycles. The second kappa shape index (κ2) is 26.6. The van der Waals surface area contributed by atoms with E-state index in [0.717, 1.165) is 208 Å². The number of hydrogen-bond donors (Lipinski definition) is 2. The van der Waals surface area contributed by atoms with Gasteiger partial charge in [-0.1, -0.05) is 177 Å². The van der Waals surface area contributed by atoms with Crippen LogP contribution in [0.3, 0.4) is 0 Å². The number of fused-ring (bicyclic) bond motifs is 68. The van der Waals surface area contributed by atoms with Gasteiger partial charge >= 0.3 is 0 Å². The van der Waals surface area contributed by atoms with E-state index in [0.29, 0.717) is 82.6 Å². The molecule has 1 aromatic carbocycles. The molecular formula is C108H128O4Y-2. The monoisotopic (exact) mass is 1580 g/mol. The molecule has 113 heavy (non-hydrogen) atoms. The van der Waals surface area contributed by atoms with Crippen LogP contribution in [-0.2, 0) is 42.3 Å². The fourth-order valence-corrected chi connectivity index (χ4v) is 38.3. The molecule has 47 atom stereocenters. The summed E-state index contributed by atoms with van der Waals surface area (Å²) < 4.78 is 0. The second-order valence-corrected chi connectivity index (χ2v) is 45.3. The van der Waals surface area contributed by atoms with Crippen LogP contribution >= 0.6 is 0 Å². The number of benzene rings is 1. The molecule has 1 radical (unpaired) electrons. The van der Waals surface area contributed by atoms with Gasteiger partial charge in [0.2, 0.25) is 0 Å². The third kappa shape index (κ3) is 10.4. The standard InChI is InChI=1S/C18H24.C17H20.C16H20O2.C16H16O2.C16H20.C16H14.C8H11.CH3.Y/c1-2-12-9-11(1)15-5-6-17-13-3-4-14(10-13)18(17)8-7-16(12)15;1-2-9-5-8(1)14-12-7-13(15(9)14)17-11-4-3-10(6-11)16(12)17;2*17-15-11-7-1-2-8(5-7)12(11)16(18)14-10-4-3-9(6-10)13(14)15;2*1-2-10-5-9(1)13-7-15-11-3-4-12(6-11)16(15)8-14(10)13;1-6-4-7-2-3-8(6)5-7;;/h1-4,11-18H,5-10H2;1-4,8-17H,5-7H2;1-4,7-18H,5-6H2;1-4,7-14H,5-6H2;1-4,9-16H,5-8H2;1-4,7-12H,5-6H2;2-3,6-8H,1,4-5H2;1H3;/q;;;;;;2*-1;. The van der Waals surface area contributed by atoms with Crippen molar-refractivity contribution in [2.45, 2.75) is 171 Å². The van der Waals surface area contributed by atoms with E-state index in [4.69, 9.17) is 0 Å². The van der Waals surface area contributed by atoms with Crippen molar-refractivity contribution >= 4 is 11.6 Å². The van der Waals surface area contributed by atoms with Gasteiger partial charge in [-0.3, -0.25) is 9.59 Å². The molecule has 589 valence electrons. The smallest absolute Gasteiger partial charge is 0.141 e. The Kier molecular flexibility index (Phi) is 17.0. The Hall–Kier alpha value is -3.80. The van der Waals surface area contributed by atoms with Gasteiger partial charge in [-0.15, -0.1) is 0 Å². The Morgan fingerprint density at radius 1 is 0.230 bits per heavy atom. The zero-order valence-corrected chi connectivity index (χ0v) is 70.3. The van der Waals surface area contributed by atoms with Crippen LogP contribution in [0.5, 0.6) is 0 Å². The van der Waals surface area contributed by atoms with Crippen LogP contribution in [0.15, 0.2) is 170 Å². The molecule has 0 saturated heterocycles. The number of aliphatic hydroxyl groups is 2. The van der Waals surface area contributed by atoms with E-state index in [9.17, 15) is 19.8 Å². The Balaban J connectivity index is 0.0000000749. The van der Waals surface area contributed by atoms with Crippen molar-refractivity contribution in [1.82, 2.24) is 0 Å². The van der Waals surface area contributed by atoms with Gasteiger partial charge < -0.3 is 24.6 Å². The van der Waals surface area contributed by atoms with E-state index in [-0.39, 0.29) is 76.0 Å². The minimum Gasteiger partial charge on any atom is -0.392 e. The summed E-state index contributed by atoms with van der Waals surface area (Å²) >= 11 is 0. The molecule has 0 amide bonds. The maximum atomic E-state index is 12.8. The van der Waals surface area contributed by atoms with Crippen molar-refractivity contribution in [3.63, 3.8) is 0 Å². The van der Waals surface area contributed by atoms with Crippen molar-refractivity contribution in [2.75, 3.05) is 0 Å². The first-order valence-corrected chi connectivity index (χ1v) is 47.8. The third-order valence-electron chi connectivity index (χ3n) is 42.1. The van der Waals surface area contributed by atoms with Gasteiger partial charge in [-0.25, -0.2) is 0 Å². The van der Waals surface area contributed by atoms with Crippen LogP contribution in [0.4, 0.5) is 0 Å². The molecular weight excluding hydrogens is 1450 g/mol. The minimum absolute atomic E-state index is 0. The molecule has 28 bridgehead atoms. The van der Waals surface area contributed by atoms with Crippen molar-refractivity contribution in [2.24, 2.45) is 266 Å². The number of aliphatic hydroxyl groups excluding tert-OH is 2. The van der Waals surface area contributed by atoms with Gasteiger partial charge in [0.05, 0.1) is 12.2 Å². The van der Waals surface area contributed by atoms with Crippen molar-refractivity contribution < 1.29 is 52.5 Å². The van der Waals surface area contributed by atoms with Crippen LogP contribution in [-0.4, -0.2) is 34.0 Å². The molecule has 32 aliphatic carbocycles. The molecule has 17 fully saturated rings. The predicted octanol–water partition coefficient (Wildman–Crippen LogP) is 21.7. The van der Waals surface area contributed by atoms with Gasteiger partial charge in [0.15, 0.2) is 0 Å². The summed E-state index contributed by atoms with van der Waals surface area (Å²) in [6.45, 7) is 4.07. The average molecular weight is 1580 g/mol. The first-order chi connectivity index (χ1) is 54.5. The van der Waals surface area contributed by atoms with Crippen LogP contribution in [0, 0.1) is 281 Å². The molecule has 47 unspecified atom stereocenters. The molecule has 0 aromatic heterocycles. The SMILES string of the molecule is C1=CC2CC1C1C3CC(C21)C1C2C=CC(C2)C31.C1=CC2CC1C1CC3C4C=CC(C4)C3CC21.C1=CC2CC1C1CCC3C4C=CC(C4)C3CCC21.C1=CC2CC1c1cc3c(cc12)C1C=CC3C1.O=C1C2C3C=CC(C3)C2C(=O)C2C3C=CC(C3)C12.OC1C2C3C=CC(C3)C2C(O)C2C3C=CC(C3)C12.[CH2-]C1CC2C=CC1C2.[CH3-].[Y]. The Bertz CT molecular complexity index is 4000. The average Bonchev–Trinajstić information content (AvgIpc) is 1.52. The normalized spacial score (nSPS) is 58.4. The van der Waals surface area contributed by atoms with E-state index < -0.39 is 0 Å². The summed E-state index contributed by atoms with van der Waals surface area (Å²) in [4.78, 5) is 25.6. The van der Waals surface area contributed by atoms with Crippen LogP contribution in [0.25, 0.3) is 0 Å². The summed E-state index contributed by atoms with van der Waals surface area (Å²) in [5.74, 6) is 38.8. The van der Waals surface area contributed by atoms with Crippen molar-refractivity contribution in [1.29, 1.82) is 0 Å². The summed E-state index contributed by atoms with van der Waals surface area (Å²) in [7, 11) is 0. The summed E-state index contributed by atoms with van der Waals surface area (Å²) in [6.07, 6.45) is 92.7. The van der Waals surface area contributed by atoms with Crippen LogP contribution in [0.1, 0.15) is 181 Å². The Morgan fingerprint density at radius 2 is 0.460 bits per heavy atom. The van der Waals surface area contributed by atoms with Crippen molar-refractivity contribution in [3.8, 4) is 0 Å². The van der Waals surface area contributed by atoms with Gasteiger partial charge in [0.1, 0.15) is 11.6 Å². The largest absolute Gasteiger partial charge is 0.392 e. The summed E-state index contributed by atoms with van der Waals surface area (Å²) in [6, 6.07) is 5.07. The van der Waals surface area contributed by atoms with Gasteiger partial charge in [0, 0.05) is 80.1 Å². The molecule has 1 aromatic rings. The number of allylic oxidation sites excluding steroid dienone is 26. The third-order valence-corrected chi connectivity index (χ3v) is 42.1. The van der Waals surface area contributed by atoms with E-state index in [1.54, 1.807) is 67.2 Å². The molecule has 4 nitrogen and oxygen atoms in total. The number of rotatable bonds is 0. The summed E-state index contributed by atoms with van der Waals surface area (Å²) in [5, 5.41) is 21.7. The zero-order valence-electron chi connectivity index (χ0n) is 67.5. The Morgan fingerprint density at radius 3 is 0.717 bits per heavy atom. The van der Waals surface area contributed by atoms with Gasteiger partial charge in [-0.2, -0.15) is 5.92 Å². The molecule has 32 aliphatic rings. The molecule has 0 spiro atoms. The van der Waals surface area contributed by atoms with E-state index >= 15 is 0 Å². The first kappa shape index (κ1) is 72.1. The molecule has 33 rings (SSSR count). The fraction of sp³-hybridized carbons (Fsp3) is 0.667. The molecule has 2 N–H and O–H groups in total. The molecule has 5 heteroatoms. The van der Waals surface area contributed by atoms with Crippen molar-refractivity contribution in [3.05, 3.63) is 207 Å². The zero-order chi connectivity index (χ0) is 72.6. The number of ketones is 2.